The summed E-state index contributed by atoms with van der Waals surface area (Å²) in [5, 5.41) is 12.5. The average Bonchev–Trinajstić information content (AvgIpc) is 3.21. The van der Waals surface area contributed by atoms with Gasteiger partial charge in [-0.05, 0) is 37.1 Å². The van der Waals surface area contributed by atoms with Crippen molar-refractivity contribution in [1.29, 1.82) is 0 Å². The first-order chi connectivity index (χ1) is 16.0. The van der Waals surface area contributed by atoms with Crippen molar-refractivity contribution < 1.29 is 13.2 Å². The Morgan fingerprint density at radius 3 is 2.73 bits per heavy atom. The Kier molecular flexibility index (Phi) is 6.00. The topological polar surface area (TPSA) is 121 Å². The van der Waals surface area contributed by atoms with Gasteiger partial charge in [0.1, 0.15) is 5.52 Å². The summed E-state index contributed by atoms with van der Waals surface area (Å²) in [6.45, 7) is 1.06. The Hall–Kier alpha value is -3.02. The van der Waals surface area contributed by atoms with Crippen molar-refractivity contribution in [1.82, 2.24) is 24.5 Å². The lowest BCUT2D eigenvalue weighted by Crippen LogP contribution is -2.35. The molecule has 11 heteroatoms. The van der Waals surface area contributed by atoms with Crippen molar-refractivity contribution >= 4 is 55.4 Å². The number of nitrogens with zero attached hydrogens (tertiary/aromatic N) is 4. The molecule has 5 rings (SSSR count). The lowest BCUT2D eigenvalue weighted by molar-refractivity contribution is -0.113. The van der Waals surface area contributed by atoms with Crippen molar-refractivity contribution in [3.8, 4) is 0 Å². The number of carbonyl (C=O) groups excluding carboxylic acids is 1. The molecule has 2 N–H and O–H groups in total. The molecule has 1 amide bonds. The third-order valence-corrected chi connectivity index (χ3v) is 8.24. The van der Waals surface area contributed by atoms with E-state index >= 15 is 0 Å². The Morgan fingerprint density at radius 1 is 1.06 bits per heavy atom. The van der Waals surface area contributed by atoms with Crippen LogP contribution in [-0.2, 0) is 14.8 Å². The molecule has 33 heavy (non-hydrogen) atoms. The normalized spacial score (nSPS) is 15.2. The zero-order valence-corrected chi connectivity index (χ0v) is 19.3. The maximum absolute atomic E-state index is 12.9. The van der Waals surface area contributed by atoms with Crippen molar-refractivity contribution in [2.45, 2.75) is 29.3 Å². The maximum Gasteiger partial charge on any atom is 0.243 e. The van der Waals surface area contributed by atoms with Gasteiger partial charge in [-0.2, -0.15) is 4.31 Å². The Morgan fingerprint density at radius 2 is 1.88 bits per heavy atom. The second-order valence-corrected chi connectivity index (χ2v) is 10.7. The zero-order chi connectivity index (χ0) is 22.8. The number of fused-ring (bicyclic) bond motifs is 3. The number of piperidine rings is 1. The number of aromatic nitrogens is 4. The van der Waals surface area contributed by atoms with Crippen LogP contribution in [-0.4, -0.2) is 57.6 Å². The lowest BCUT2D eigenvalue weighted by Gasteiger charge is -2.26. The molecule has 1 fully saturated rings. The van der Waals surface area contributed by atoms with E-state index in [0.29, 0.717) is 35.1 Å². The number of anilines is 1. The van der Waals surface area contributed by atoms with Crippen LogP contribution in [0.25, 0.3) is 22.1 Å². The van der Waals surface area contributed by atoms with Crippen LogP contribution in [0.4, 0.5) is 5.69 Å². The van der Waals surface area contributed by atoms with E-state index < -0.39 is 10.0 Å². The quantitative estimate of drug-likeness (QED) is 0.404. The van der Waals surface area contributed by atoms with Gasteiger partial charge < -0.3 is 10.3 Å². The molecule has 1 aliphatic heterocycles. The summed E-state index contributed by atoms with van der Waals surface area (Å²) in [5.41, 5.74) is 2.66. The van der Waals surface area contributed by atoms with Crippen LogP contribution in [0, 0.1) is 0 Å². The number of para-hydroxylation sites is 1. The van der Waals surface area contributed by atoms with Crippen LogP contribution in [0.5, 0.6) is 0 Å². The Bertz CT molecular complexity index is 1430. The SMILES string of the molecule is O=C(CSc1nnc2c(n1)[nH]c1ccccc12)Nc1cccc(S(=O)(=O)N2CCCCC2)c1. The fourth-order valence-corrected chi connectivity index (χ4v) is 6.03. The molecule has 3 heterocycles. The number of benzene rings is 2. The van der Waals surface area contributed by atoms with Crippen molar-refractivity contribution in [3.05, 3.63) is 48.5 Å². The van der Waals surface area contributed by atoms with E-state index in [1.807, 2.05) is 24.3 Å². The van der Waals surface area contributed by atoms with Crippen LogP contribution in [0.1, 0.15) is 19.3 Å². The second kappa shape index (κ2) is 9.08. The number of hydrogen-bond acceptors (Lipinski definition) is 7. The maximum atomic E-state index is 12.9. The zero-order valence-electron chi connectivity index (χ0n) is 17.7. The molecule has 0 bridgehead atoms. The molecule has 170 valence electrons. The molecule has 0 spiro atoms. The minimum Gasteiger partial charge on any atom is -0.338 e. The van der Waals surface area contributed by atoms with E-state index in [9.17, 15) is 13.2 Å². The molecule has 0 radical (unpaired) electrons. The minimum absolute atomic E-state index is 0.0660. The molecule has 0 atom stereocenters. The van der Waals surface area contributed by atoms with Gasteiger partial charge in [-0.1, -0.05) is 42.4 Å². The van der Waals surface area contributed by atoms with Gasteiger partial charge in [0, 0.05) is 29.7 Å². The third kappa shape index (κ3) is 4.56. The summed E-state index contributed by atoms with van der Waals surface area (Å²) in [6.07, 6.45) is 2.79. The van der Waals surface area contributed by atoms with Crippen molar-refractivity contribution in [2.24, 2.45) is 0 Å². The number of carbonyl (C=O) groups is 1. The fraction of sp³-hybridized carbons (Fsp3) is 0.273. The highest BCUT2D eigenvalue weighted by Gasteiger charge is 2.26. The standard InChI is InChI=1S/C22H22N6O3S2/c29-19(14-32-22-25-21-20(26-27-22)17-9-2-3-10-18(17)24-21)23-15-7-6-8-16(13-15)33(30,31)28-11-4-1-5-12-28/h2-3,6-10,13H,1,4-5,11-12,14H2,(H,23,29)(H,24,25,27). The number of rotatable bonds is 6. The number of hydrogen-bond donors (Lipinski definition) is 2. The predicted octanol–water partition coefficient (Wildman–Crippen LogP) is 3.41. The molecule has 1 saturated heterocycles. The monoisotopic (exact) mass is 482 g/mol. The highest BCUT2D eigenvalue weighted by atomic mass is 32.2. The smallest absolute Gasteiger partial charge is 0.243 e. The molecular weight excluding hydrogens is 460 g/mol. The molecule has 0 unspecified atom stereocenters. The van der Waals surface area contributed by atoms with Gasteiger partial charge in [0.05, 0.1) is 10.6 Å². The number of aromatic amines is 1. The average molecular weight is 483 g/mol. The van der Waals surface area contributed by atoms with E-state index in [1.54, 1.807) is 18.2 Å². The second-order valence-electron chi connectivity index (χ2n) is 7.79. The number of H-pyrrole nitrogens is 1. The largest absolute Gasteiger partial charge is 0.338 e. The van der Waals surface area contributed by atoms with Gasteiger partial charge in [-0.15, -0.1) is 10.2 Å². The molecule has 2 aromatic heterocycles. The molecule has 4 aromatic rings. The molecular formula is C22H22N6O3S2. The summed E-state index contributed by atoms with van der Waals surface area (Å²) >= 11 is 1.16. The first-order valence-electron chi connectivity index (χ1n) is 10.6. The highest BCUT2D eigenvalue weighted by Crippen LogP contribution is 2.25. The van der Waals surface area contributed by atoms with Crippen LogP contribution in [0.15, 0.2) is 58.6 Å². The van der Waals surface area contributed by atoms with E-state index in [-0.39, 0.29) is 16.6 Å². The number of nitrogens with one attached hydrogen (secondary N) is 2. The number of amides is 1. The van der Waals surface area contributed by atoms with Gasteiger partial charge in [0.25, 0.3) is 0 Å². The highest BCUT2D eigenvalue weighted by molar-refractivity contribution is 7.99. The van der Waals surface area contributed by atoms with Gasteiger partial charge in [0.2, 0.25) is 21.1 Å². The fourth-order valence-electron chi connectivity index (χ4n) is 3.88. The van der Waals surface area contributed by atoms with E-state index in [2.05, 4.69) is 25.5 Å². The van der Waals surface area contributed by atoms with Gasteiger partial charge in [-0.3, -0.25) is 4.79 Å². The number of sulfonamides is 1. The van der Waals surface area contributed by atoms with E-state index in [1.165, 1.54) is 10.4 Å². The summed E-state index contributed by atoms with van der Waals surface area (Å²) < 4.78 is 27.3. The van der Waals surface area contributed by atoms with Gasteiger partial charge >= 0.3 is 0 Å². The summed E-state index contributed by atoms with van der Waals surface area (Å²) in [4.78, 5) is 20.3. The van der Waals surface area contributed by atoms with Crippen LogP contribution < -0.4 is 5.32 Å². The third-order valence-electron chi connectivity index (χ3n) is 5.51. The number of thioether (sulfide) groups is 1. The van der Waals surface area contributed by atoms with Crippen LogP contribution in [0.2, 0.25) is 0 Å². The van der Waals surface area contributed by atoms with Crippen LogP contribution in [0.3, 0.4) is 0 Å². The van der Waals surface area contributed by atoms with Crippen LogP contribution >= 0.6 is 11.8 Å². The molecule has 1 aliphatic rings. The van der Waals surface area contributed by atoms with Gasteiger partial charge in [-0.25, -0.2) is 13.4 Å². The molecule has 9 nitrogen and oxygen atoms in total. The Labute approximate surface area is 195 Å². The minimum atomic E-state index is -3.56. The Balaban J connectivity index is 1.25. The van der Waals surface area contributed by atoms with Gasteiger partial charge in [0.15, 0.2) is 5.65 Å². The molecule has 2 aromatic carbocycles. The van der Waals surface area contributed by atoms with Crippen molar-refractivity contribution in [2.75, 3.05) is 24.2 Å². The first-order valence-corrected chi connectivity index (χ1v) is 13.1. The van der Waals surface area contributed by atoms with E-state index in [0.717, 1.165) is 41.9 Å². The van der Waals surface area contributed by atoms with E-state index in [4.69, 9.17) is 0 Å². The molecule has 0 saturated carbocycles. The molecule has 0 aliphatic carbocycles. The van der Waals surface area contributed by atoms with Crippen molar-refractivity contribution in [3.63, 3.8) is 0 Å². The summed E-state index contributed by atoms with van der Waals surface area (Å²) in [7, 11) is -3.56. The summed E-state index contributed by atoms with van der Waals surface area (Å²) in [6, 6.07) is 14.1. The first kappa shape index (κ1) is 21.8. The summed E-state index contributed by atoms with van der Waals surface area (Å²) in [5.74, 6) is -0.218. The lowest BCUT2D eigenvalue weighted by atomic mass is 10.2. The predicted molar refractivity (Wildman–Crippen MR) is 128 cm³/mol.